The van der Waals surface area contributed by atoms with Gasteiger partial charge in [-0.3, -0.25) is 0 Å². The van der Waals surface area contributed by atoms with Crippen molar-refractivity contribution in [2.24, 2.45) is 0 Å². The van der Waals surface area contributed by atoms with Crippen LogP contribution in [0.5, 0.6) is 5.75 Å². The number of nitrogens with one attached hydrogen (secondary N) is 2. The zero-order chi connectivity index (χ0) is 24.6. The number of amides is 2. The number of nitrogens with zero attached hydrogens (tertiary/aromatic N) is 4. The van der Waals surface area contributed by atoms with E-state index in [-0.39, 0.29) is 24.0 Å². The van der Waals surface area contributed by atoms with Gasteiger partial charge in [0.1, 0.15) is 11.8 Å². The second kappa shape index (κ2) is 8.95. The lowest BCUT2D eigenvalue weighted by molar-refractivity contribution is -0.274. The average Bonchev–Trinajstić information content (AvgIpc) is 3.48. The van der Waals surface area contributed by atoms with Crippen LogP contribution in [0.2, 0.25) is 5.02 Å². The number of carbonyl (C=O) groups is 1. The van der Waals surface area contributed by atoms with Crippen molar-refractivity contribution < 1.29 is 27.2 Å². The Morgan fingerprint density at radius 2 is 1.91 bits per heavy atom. The number of aromatic amines is 1. The molecule has 0 radical (unpaired) electrons. The van der Waals surface area contributed by atoms with Crippen molar-refractivity contribution in [1.29, 1.82) is 0 Å². The summed E-state index contributed by atoms with van der Waals surface area (Å²) in [4.78, 5) is 26.4. The first-order chi connectivity index (χ1) is 16.7. The standard InChI is InChI=1S/C22H16ClF3N6O3/c23-13-3-5-14(6-4-13)29-21(33)32-10-17-16(27-11-28-17)9-18(32)20-30-19(31-35-20)12-1-7-15(8-2-12)34-22(24,25)26/h1-8,11,18H,9-10H2,(H,27,28)(H,29,33). The van der Waals surface area contributed by atoms with E-state index < -0.39 is 18.4 Å². The van der Waals surface area contributed by atoms with Crippen molar-refractivity contribution in [2.45, 2.75) is 25.4 Å². The van der Waals surface area contributed by atoms with E-state index in [1.807, 2.05) is 0 Å². The molecule has 0 saturated heterocycles. The van der Waals surface area contributed by atoms with E-state index in [1.165, 1.54) is 17.0 Å². The molecule has 1 aliphatic heterocycles. The van der Waals surface area contributed by atoms with Crippen LogP contribution >= 0.6 is 11.6 Å². The fourth-order valence-corrected chi connectivity index (χ4v) is 3.82. The highest BCUT2D eigenvalue weighted by atomic mass is 35.5. The number of alkyl halides is 3. The van der Waals surface area contributed by atoms with E-state index in [0.717, 1.165) is 23.5 Å². The molecule has 0 spiro atoms. The van der Waals surface area contributed by atoms with Gasteiger partial charge in [0.05, 0.1) is 24.3 Å². The molecule has 180 valence electrons. The van der Waals surface area contributed by atoms with Crippen molar-refractivity contribution >= 4 is 23.3 Å². The molecule has 0 bridgehead atoms. The fraction of sp³-hybridized carbons (Fsp3) is 0.182. The maximum absolute atomic E-state index is 13.1. The Morgan fingerprint density at radius 1 is 1.17 bits per heavy atom. The number of urea groups is 1. The number of H-pyrrole nitrogens is 1. The molecule has 5 rings (SSSR count). The lowest BCUT2D eigenvalue weighted by Crippen LogP contribution is -2.41. The summed E-state index contributed by atoms with van der Waals surface area (Å²) < 4.78 is 46.5. The normalized spacial score (nSPS) is 15.5. The Balaban J connectivity index is 1.39. The molecule has 1 aliphatic rings. The van der Waals surface area contributed by atoms with Gasteiger partial charge in [0.2, 0.25) is 11.7 Å². The van der Waals surface area contributed by atoms with Crippen molar-refractivity contribution in [3.05, 3.63) is 77.2 Å². The molecule has 1 atom stereocenters. The largest absolute Gasteiger partial charge is 0.573 e. The van der Waals surface area contributed by atoms with Gasteiger partial charge in [0.25, 0.3) is 0 Å². The molecule has 1 unspecified atom stereocenters. The predicted octanol–water partition coefficient (Wildman–Crippen LogP) is 5.34. The molecule has 9 nitrogen and oxygen atoms in total. The minimum atomic E-state index is -4.79. The molecule has 0 aliphatic carbocycles. The van der Waals surface area contributed by atoms with Crippen LogP contribution in [-0.2, 0) is 13.0 Å². The highest BCUT2D eigenvalue weighted by molar-refractivity contribution is 6.30. The van der Waals surface area contributed by atoms with E-state index in [4.69, 9.17) is 16.1 Å². The first-order valence-electron chi connectivity index (χ1n) is 10.3. The number of halogens is 4. The van der Waals surface area contributed by atoms with Gasteiger partial charge in [-0.15, -0.1) is 13.2 Å². The number of carbonyl (C=O) groups excluding carboxylic acids is 1. The van der Waals surface area contributed by atoms with Crippen LogP contribution in [0.1, 0.15) is 23.3 Å². The molecule has 2 aromatic carbocycles. The zero-order valence-electron chi connectivity index (χ0n) is 17.7. The van der Waals surface area contributed by atoms with Crippen LogP contribution in [-0.4, -0.2) is 37.4 Å². The minimum absolute atomic E-state index is 0.157. The number of rotatable bonds is 4. The van der Waals surface area contributed by atoms with Crippen molar-refractivity contribution in [3.8, 4) is 17.1 Å². The Kier molecular flexibility index (Phi) is 5.81. The Labute approximate surface area is 200 Å². The summed E-state index contributed by atoms with van der Waals surface area (Å²) in [5.74, 6) is -0.0478. The number of aromatic nitrogens is 4. The van der Waals surface area contributed by atoms with Gasteiger partial charge < -0.3 is 24.5 Å². The van der Waals surface area contributed by atoms with E-state index in [9.17, 15) is 18.0 Å². The van der Waals surface area contributed by atoms with Crippen LogP contribution in [0.15, 0.2) is 59.4 Å². The van der Waals surface area contributed by atoms with Crippen molar-refractivity contribution in [3.63, 3.8) is 0 Å². The molecule has 2 amide bonds. The monoisotopic (exact) mass is 504 g/mol. The first-order valence-corrected chi connectivity index (χ1v) is 10.7. The molecule has 0 fully saturated rings. The van der Waals surface area contributed by atoms with Crippen LogP contribution in [0.4, 0.5) is 23.7 Å². The summed E-state index contributed by atoms with van der Waals surface area (Å²) in [5.41, 5.74) is 2.52. The quantitative estimate of drug-likeness (QED) is 0.388. The summed E-state index contributed by atoms with van der Waals surface area (Å²) in [6.07, 6.45) is -2.91. The predicted molar refractivity (Wildman–Crippen MR) is 117 cm³/mol. The van der Waals surface area contributed by atoms with Gasteiger partial charge >= 0.3 is 12.4 Å². The maximum atomic E-state index is 13.1. The summed E-state index contributed by atoms with van der Waals surface area (Å²) >= 11 is 5.91. The minimum Gasteiger partial charge on any atom is -0.406 e. The second-order valence-corrected chi connectivity index (χ2v) is 8.08. The third kappa shape index (κ3) is 5.06. The third-order valence-electron chi connectivity index (χ3n) is 5.33. The summed E-state index contributed by atoms with van der Waals surface area (Å²) in [6, 6.07) is 10.7. The number of imidazole rings is 1. The molecule has 13 heteroatoms. The Morgan fingerprint density at radius 3 is 2.63 bits per heavy atom. The summed E-state index contributed by atoms with van der Waals surface area (Å²) in [5, 5.41) is 7.31. The smallest absolute Gasteiger partial charge is 0.406 e. The highest BCUT2D eigenvalue weighted by Crippen LogP contribution is 2.33. The van der Waals surface area contributed by atoms with Crippen molar-refractivity contribution in [2.75, 3.05) is 5.32 Å². The van der Waals surface area contributed by atoms with Gasteiger partial charge in [-0.1, -0.05) is 16.8 Å². The topological polar surface area (TPSA) is 109 Å². The number of hydrogen-bond acceptors (Lipinski definition) is 6. The third-order valence-corrected chi connectivity index (χ3v) is 5.58. The van der Waals surface area contributed by atoms with E-state index >= 15 is 0 Å². The lowest BCUT2D eigenvalue weighted by Gasteiger charge is -2.32. The lowest BCUT2D eigenvalue weighted by atomic mass is 10.0. The van der Waals surface area contributed by atoms with E-state index in [0.29, 0.717) is 22.7 Å². The molecule has 3 heterocycles. The number of benzene rings is 2. The van der Waals surface area contributed by atoms with Crippen LogP contribution in [0.3, 0.4) is 0 Å². The van der Waals surface area contributed by atoms with Crippen LogP contribution in [0, 0.1) is 0 Å². The Hall–Kier alpha value is -4.06. The van der Waals surface area contributed by atoms with Gasteiger partial charge in [0, 0.05) is 22.7 Å². The molecule has 35 heavy (non-hydrogen) atoms. The van der Waals surface area contributed by atoms with Gasteiger partial charge in [-0.2, -0.15) is 4.98 Å². The summed E-state index contributed by atoms with van der Waals surface area (Å²) in [7, 11) is 0. The van der Waals surface area contributed by atoms with E-state index in [2.05, 4.69) is 30.2 Å². The van der Waals surface area contributed by atoms with Gasteiger partial charge in [0.15, 0.2) is 0 Å². The summed E-state index contributed by atoms with van der Waals surface area (Å²) in [6.45, 7) is 0.223. The highest BCUT2D eigenvalue weighted by Gasteiger charge is 2.36. The molecule has 2 aromatic heterocycles. The van der Waals surface area contributed by atoms with Gasteiger partial charge in [-0.25, -0.2) is 9.78 Å². The Bertz CT molecular complexity index is 1340. The van der Waals surface area contributed by atoms with Crippen LogP contribution < -0.4 is 10.1 Å². The number of fused-ring (bicyclic) bond motifs is 1. The SMILES string of the molecule is O=C(Nc1ccc(Cl)cc1)N1Cc2[nH]cnc2CC1c1nc(-c2ccc(OC(F)(F)F)cc2)no1. The van der Waals surface area contributed by atoms with Gasteiger partial charge in [-0.05, 0) is 48.5 Å². The number of ether oxygens (including phenoxy) is 1. The second-order valence-electron chi connectivity index (χ2n) is 7.64. The number of anilines is 1. The number of hydrogen-bond donors (Lipinski definition) is 2. The molecular weight excluding hydrogens is 489 g/mol. The maximum Gasteiger partial charge on any atom is 0.573 e. The van der Waals surface area contributed by atoms with Crippen molar-refractivity contribution in [1.82, 2.24) is 25.0 Å². The average molecular weight is 505 g/mol. The zero-order valence-corrected chi connectivity index (χ0v) is 18.5. The molecule has 4 aromatic rings. The fourth-order valence-electron chi connectivity index (χ4n) is 3.69. The van der Waals surface area contributed by atoms with E-state index in [1.54, 1.807) is 30.6 Å². The molecular formula is C22H16ClF3N6O3. The molecule has 2 N–H and O–H groups in total. The first kappa shape index (κ1) is 22.7. The molecule has 0 saturated carbocycles. The van der Waals surface area contributed by atoms with Crippen LogP contribution in [0.25, 0.3) is 11.4 Å².